The van der Waals surface area contributed by atoms with Gasteiger partial charge in [0, 0.05) is 5.38 Å². The lowest BCUT2D eigenvalue weighted by Gasteiger charge is -2.08. The van der Waals surface area contributed by atoms with Crippen LogP contribution >= 0.6 is 27.3 Å². The molecule has 0 atom stereocenters. The van der Waals surface area contributed by atoms with Crippen molar-refractivity contribution in [3.05, 3.63) is 15.5 Å². The number of thiazole rings is 1. The van der Waals surface area contributed by atoms with Crippen LogP contribution in [0.15, 0.2) is 15.5 Å². The molecular formula is C8H13BrN2S. The zero-order chi connectivity index (χ0) is 8.65. The number of nitrogens with one attached hydrogen (secondary N) is 1. The van der Waals surface area contributed by atoms with Gasteiger partial charge in [0.1, 0.15) is 4.60 Å². The summed E-state index contributed by atoms with van der Waals surface area (Å²) in [6, 6.07) is 0. The van der Waals surface area contributed by atoms with E-state index in [1.165, 1.54) is 32.4 Å². The van der Waals surface area contributed by atoms with Gasteiger partial charge in [0.05, 0.1) is 5.51 Å². The molecule has 1 aliphatic rings. The molecular weight excluding hydrogens is 236 g/mol. The lowest BCUT2D eigenvalue weighted by molar-refractivity contribution is 0.520. The van der Waals surface area contributed by atoms with Crippen molar-refractivity contribution in [1.82, 2.24) is 10.3 Å². The van der Waals surface area contributed by atoms with Gasteiger partial charge in [0.15, 0.2) is 0 Å². The molecule has 1 aromatic heterocycles. The molecule has 0 spiro atoms. The third-order valence-corrected chi connectivity index (χ3v) is 2.93. The Morgan fingerprint density at radius 2 is 2.08 bits per heavy atom. The highest BCUT2D eigenvalue weighted by Gasteiger charge is 1.93. The summed E-state index contributed by atoms with van der Waals surface area (Å²) in [6.07, 6.45) is 4.22. The van der Waals surface area contributed by atoms with Crippen LogP contribution in [-0.4, -0.2) is 18.1 Å². The van der Waals surface area contributed by atoms with Gasteiger partial charge in [-0.15, -0.1) is 11.3 Å². The van der Waals surface area contributed by atoms with Crippen LogP contribution in [0.4, 0.5) is 0 Å². The van der Waals surface area contributed by atoms with Gasteiger partial charge in [0.2, 0.25) is 0 Å². The maximum atomic E-state index is 3.85. The third kappa shape index (κ3) is 4.85. The third-order valence-electron chi connectivity index (χ3n) is 1.61. The van der Waals surface area contributed by atoms with Crippen LogP contribution in [0.1, 0.15) is 19.3 Å². The first-order valence-corrected chi connectivity index (χ1v) is 5.87. The van der Waals surface area contributed by atoms with Crippen molar-refractivity contribution in [2.24, 2.45) is 0 Å². The van der Waals surface area contributed by atoms with Gasteiger partial charge in [-0.3, -0.25) is 0 Å². The van der Waals surface area contributed by atoms with Crippen molar-refractivity contribution in [1.29, 1.82) is 0 Å². The Balaban J connectivity index is 0.000000120. The molecule has 0 amide bonds. The average molecular weight is 249 g/mol. The van der Waals surface area contributed by atoms with E-state index < -0.39 is 0 Å². The second-order valence-electron chi connectivity index (χ2n) is 2.62. The predicted octanol–water partition coefficient (Wildman–Crippen LogP) is 2.67. The fourth-order valence-corrected chi connectivity index (χ4v) is 1.97. The van der Waals surface area contributed by atoms with Crippen LogP contribution in [0.5, 0.6) is 0 Å². The molecule has 0 aliphatic carbocycles. The van der Waals surface area contributed by atoms with Crippen molar-refractivity contribution in [2.45, 2.75) is 19.3 Å². The van der Waals surface area contributed by atoms with E-state index in [1.807, 2.05) is 5.38 Å². The summed E-state index contributed by atoms with van der Waals surface area (Å²) in [6.45, 7) is 2.50. The molecule has 2 nitrogen and oxygen atoms in total. The van der Waals surface area contributed by atoms with Gasteiger partial charge in [-0.25, -0.2) is 4.98 Å². The van der Waals surface area contributed by atoms with E-state index in [1.54, 1.807) is 16.8 Å². The molecule has 1 aliphatic heterocycles. The number of halogens is 1. The monoisotopic (exact) mass is 248 g/mol. The molecule has 1 saturated heterocycles. The smallest absolute Gasteiger partial charge is 0.116 e. The number of rotatable bonds is 0. The molecule has 12 heavy (non-hydrogen) atoms. The zero-order valence-electron chi connectivity index (χ0n) is 6.92. The van der Waals surface area contributed by atoms with Gasteiger partial charge < -0.3 is 5.32 Å². The van der Waals surface area contributed by atoms with Crippen molar-refractivity contribution < 1.29 is 0 Å². The first-order valence-electron chi connectivity index (χ1n) is 4.14. The number of hydrogen-bond acceptors (Lipinski definition) is 3. The maximum Gasteiger partial charge on any atom is 0.116 e. The Labute approximate surface area is 85.5 Å². The SMILES string of the molecule is Brc1cscn1.C1CCNCC1. The van der Waals surface area contributed by atoms with Crippen LogP contribution in [-0.2, 0) is 0 Å². The van der Waals surface area contributed by atoms with E-state index in [9.17, 15) is 0 Å². The Morgan fingerprint density at radius 3 is 2.25 bits per heavy atom. The Bertz CT molecular complexity index is 173. The summed E-state index contributed by atoms with van der Waals surface area (Å²) >= 11 is 4.76. The number of nitrogens with zero attached hydrogens (tertiary/aromatic N) is 1. The highest BCUT2D eigenvalue weighted by molar-refractivity contribution is 9.10. The van der Waals surface area contributed by atoms with Crippen molar-refractivity contribution in [2.75, 3.05) is 13.1 Å². The van der Waals surface area contributed by atoms with Gasteiger partial charge in [-0.05, 0) is 41.9 Å². The molecule has 4 heteroatoms. The predicted molar refractivity (Wildman–Crippen MR) is 56.5 cm³/mol. The molecule has 68 valence electrons. The van der Waals surface area contributed by atoms with E-state index in [-0.39, 0.29) is 0 Å². The van der Waals surface area contributed by atoms with Crippen molar-refractivity contribution in [3.8, 4) is 0 Å². The lowest BCUT2D eigenvalue weighted by Crippen LogP contribution is -2.21. The zero-order valence-corrected chi connectivity index (χ0v) is 9.33. The summed E-state index contributed by atoms with van der Waals surface area (Å²) in [7, 11) is 0. The van der Waals surface area contributed by atoms with Crippen LogP contribution in [0.3, 0.4) is 0 Å². The van der Waals surface area contributed by atoms with Gasteiger partial charge in [-0.2, -0.15) is 0 Å². The molecule has 0 radical (unpaired) electrons. The number of aromatic nitrogens is 1. The second-order valence-corrected chi connectivity index (χ2v) is 4.15. The van der Waals surface area contributed by atoms with Crippen LogP contribution in [0.2, 0.25) is 0 Å². The van der Waals surface area contributed by atoms with E-state index >= 15 is 0 Å². The summed E-state index contributed by atoms with van der Waals surface area (Å²) < 4.78 is 0.924. The van der Waals surface area contributed by atoms with Crippen LogP contribution in [0.25, 0.3) is 0 Å². The average Bonchev–Trinajstić information content (AvgIpc) is 2.60. The first kappa shape index (κ1) is 10.2. The molecule has 2 heterocycles. The standard InChI is InChI=1S/C5H11N.C3H2BrNS/c1-2-4-6-5-3-1;4-3-1-6-2-5-3/h6H,1-5H2;1-2H. The van der Waals surface area contributed by atoms with Crippen molar-refractivity contribution in [3.63, 3.8) is 0 Å². The van der Waals surface area contributed by atoms with E-state index in [2.05, 4.69) is 26.2 Å². The van der Waals surface area contributed by atoms with Gasteiger partial charge in [0.25, 0.3) is 0 Å². The second kappa shape index (κ2) is 6.57. The normalized spacial score (nSPS) is 16.4. The highest BCUT2D eigenvalue weighted by Crippen LogP contribution is 2.06. The fourth-order valence-electron chi connectivity index (χ4n) is 1.000. The number of hydrogen-bond donors (Lipinski definition) is 1. The molecule has 0 bridgehead atoms. The largest absolute Gasteiger partial charge is 0.317 e. The first-order chi connectivity index (χ1) is 5.89. The Hall–Kier alpha value is 0.0700. The highest BCUT2D eigenvalue weighted by atomic mass is 79.9. The summed E-state index contributed by atoms with van der Waals surface area (Å²) in [5.74, 6) is 0. The molecule has 0 unspecified atom stereocenters. The maximum absolute atomic E-state index is 3.85. The Morgan fingerprint density at radius 1 is 1.33 bits per heavy atom. The van der Waals surface area contributed by atoms with E-state index in [0.717, 1.165) is 4.60 Å². The number of piperidine rings is 1. The molecule has 1 aromatic rings. The van der Waals surface area contributed by atoms with Gasteiger partial charge >= 0.3 is 0 Å². The van der Waals surface area contributed by atoms with E-state index in [0.29, 0.717) is 0 Å². The molecule has 0 aromatic carbocycles. The molecule has 2 rings (SSSR count). The summed E-state index contributed by atoms with van der Waals surface area (Å²) in [4.78, 5) is 3.85. The fraction of sp³-hybridized carbons (Fsp3) is 0.625. The van der Waals surface area contributed by atoms with Crippen LogP contribution in [0, 0.1) is 0 Å². The quantitative estimate of drug-likeness (QED) is 0.764. The molecule has 0 saturated carbocycles. The minimum absolute atomic E-state index is 0.924. The molecule has 1 N–H and O–H groups in total. The minimum atomic E-state index is 0.924. The molecule has 1 fully saturated rings. The van der Waals surface area contributed by atoms with Crippen LogP contribution < -0.4 is 5.32 Å². The Kier molecular flexibility index (Phi) is 5.56. The van der Waals surface area contributed by atoms with Crippen molar-refractivity contribution >= 4 is 27.3 Å². The lowest BCUT2D eigenvalue weighted by atomic mass is 10.2. The summed E-state index contributed by atoms with van der Waals surface area (Å²) in [5, 5.41) is 5.22. The van der Waals surface area contributed by atoms with Gasteiger partial charge in [-0.1, -0.05) is 6.42 Å². The topological polar surface area (TPSA) is 24.9 Å². The summed E-state index contributed by atoms with van der Waals surface area (Å²) in [5.41, 5.74) is 1.78. The minimum Gasteiger partial charge on any atom is -0.317 e. The van der Waals surface area contributed by atoms with E-state index in [4.69, 9.17) is 0 Å².